The molecule has 0 bridgehead atoms. The van der Waals surface area contributed by atoms with E-state index in [0.717, 1.165) is 36.3 Å². The number of nitrogens with zero attached hydrogens (tertiary/aromatic N) is 1. The predicted molar refractivity (Wildman–Crippen MR) is 97.9 cm³/mol. The van der Waals surface area contributed by atoms with Crippen LogP contribution in [0.25, 0.3) is 0 Å². The topological polar surface area (TPSA) is 9.23 Å². The molecule has 0 saturated carbocycles. The Bertz CT molecular complexity index is 590. The molecule has 1 atom stereocenters. The fraction of sp³-hybridized carbons (Fsp3) is 0.429. The van der Waals surface area contributed by atoms with E-state index in [1.54, 1.807) is 0 Å². The van der Waals surface area contributed by atoms with E-state index in [9.17, 15) is 0 Å². The molecule has 2 rings (SSSR count). The third-order valence-corrected chi connectivity index (χ3v) is 4.76. The van der Waals surface area contributed by atoms with E-state index >= 15 is 0 Å². The molecule has 0 spiro atoms. The van der Waals surface area contributed by atoms with Gasteiger partial charge in [-0.3, -0.25) is 0 Å². The summed E-state index contributed by atoms with van der Waals surface area (Å²) in [5.41, 5.74) is 2.58. The van der Waals surface area contributed by atoms with E-state index in [4.69, 9.17) is 4.74 Å². The van der Waals surface area contributed by atoms with E-state index < -0.39 is 0 Å². The first-order valence-corrected chi connectivity index (χ1v) is 8.68. The summed E-state index contributed by atoms with van der Waals surface area (Å²) in [6, 6.07) is 19.0. The van der Waals surface area contributed by atoms with Gasteiger partial charge < -0.3 is 9.22 Å². The molecule has 0 fully saturated rings. The minimum Gasteiger partial charge on any atom is -0.485 e. The summed E-state index contributed by atoms with van der Waals surface area (Å²) >= 11 is 0. The summed E-state index contributed by atoms with van der Waals surface area (Å²) < 4.78 is 7.35. The highest BCUT2D eigenvalue weighted by Crippen LogP contribution is 2.23. The van der Waals surface area contributed by atoms with Gasteiger partial charge in [0.1, 0.15) is 18.4 Å². The van der Waals surface area contributed by atoms with Crippen molar-refractivity contribution in [1.29, 1.82) is 0 Å². The molecule has 0 aromatic heterocycles. The standard InChI is InChI=1S/C21H30NO/c1-5-22(4,6-2)17-18(3)23-21-15-11-10-14-20(21)16-19-12-8-7-9-13-19/h7-15,18H,5-6,16-17H2,1-4H3/q+1/t18-/m1/s1. The maximum absolute atomic E-state index is 6.30. The lowest BCUT2D eigenvalue weighted by Gasteiger charge is -2.34. The Morgan fingerprint density at radius 1 is 0.913 bits per heavy atom. The summed E-state index contributed by atoms with van der Waals surface area (Å²) in [5.74, 6) is 1.02. The summed E-state index contributed by atoms with van der Waals surface area (Å²) in [6.07, 6.45) is 1.12. The predicted octanol–water partition coefficient (Wildman–Crippen LogP) is 4.53. The minimum absolute atomic E-state index is 0.205. The van der Waals surface area contributed by atoms with Crippen LogP contribution in [0.5, 0.6) is 5.75 Å². The molecular formula is C21H30NO+. The zero-order chi connectivity index (χ0) is 16.7. The van der Waals surface area contributed by atoms with Gasteiger partial charge in [-0.05, 0) is 38.0 Å². The fourth-order valence-corrected chi connectivity index (χ4v) is 2.94. The van der Waals surface area contributed by atoms with Crippen molar-refractivity contribution in [2.75, 3.05) is 26.7 Å². The third kappa shape index (κ3) is 5.11. The van der Waals surface area contributed by atoms with Crippen LogP contribution < -0.4 is 4.74 Å². The monoisotopic (exact) mass is 312 g/mol. The molecule has 124 valence electrons. The Morgan fingerprint density at radius 2 is 1.52 bits per heavy atom. The van der Waals surface area contributed by atoms with Crippen molar-refractivity contribution in [1.82, 2.24) is 0 Å². The molecule has 0 N–H and O–H groups in total. The molecule has 2 nitrogen and oxygen atoms in total. The normalized spacial score (nSPS) is 12.9. The van der Waals surface area contributed by atoms with Crippen LogP contribution in [0.2, 0.25) is 0 Å². The van der Waals surface area contributed by atoms with Crippen LogP contribution in [-0.2, 0) is 6.42 Å². The second-order valence-electron chi connectivity index (χ2n) is 6.63. The zero-order valence-corrected chi connectivity index (χ0v) is 15.0. The second kappa shape index (κ2) is 8.16. The molecule has 2 heteroatoms. The number of rotatable bonds is 8. The van der Waals surface area contributed by atoms with Gasteiger partial charge in [-0.1, -0.05) is 48.5 Å². The Hall–Kier alpha value is -1.80. The molecule has 0 amide bonds. The van der Waals surface area contributed by atoms with Crippen molar-refractivity contribution in [2.45, 2.75) is 33.3 Å². The van der Waals surface area contributed by atoms with Gasteiger partial charge >= 0.3 is 0 Å². The Labute approximate surface area is 141 Å². The quantitative estimate of drug-likeness (QED) is 0.651. The molecule has 0 saturated heterocycles. The van der Waals surface area contributed by atoms with E-state index in [0.29, 0.717) is 0 Å². The van der Waals surface area contributed by atoms with Gasteiger partial charge in [0.05, 0.1) is 20.1 Å². The van der Waals surface area contributed by atoms with Gasteiger partial charge in [0.15, 0.2) is 0 Å². The van der Waals surface area contributed by atoms with Crippen LogP contribution in [0, 0.1) is 0 Å². The molecule has 2 aromatic rings. The lowest BCUT2D eigenvalue weighted by Crippen LogP contribution is -2.49. The van der Waals surface area contributed by atoms with Crippen molar-refractivity contribution in [3.05, 3.63) is 65.7 Å². The van der Waals surface area contributed by atoms with Gasteiger partial charge in [0.25, 0.3) is 0 Å². The first-order chi connectivity index (χ1) is 11.1. The summed E-state index contributed by atoms with van der Waals surface area (Å²) in [4.78, 5) is 0. The van der Waals surface area contributed by atoms with Gasteiger partial charge in [0, 0.05) is 6.42 Å². The van der Waals surface area contributed by atoms with E-state index in [1.165, 1.54) is 11.1 Å². The molecule has 0 aliphatic rings. The summed E-state index contributed by atoms with van der Waals surface area (Å²) in [5, 5.41) is 0. The lowest BCUT2D eigenvalue weighted by molar-refractivity contribution is -0.908. The molecule has 0 heterocycles. The van der Waals surface area contributed by atoms with Gasteiger partial charge in [-0.25, -0.2) is 0 Å². The smallest absolute Gasteiger partial charge is 0.145 e. The highest BCUT2D eigenvalue weighted by Gasteiger charge is 2.22. The van der Waals surface area contributed by atoms with Crippen LogP contribution in [0.15, 0.2) is 54.6 Å². The van der Waals surface area contributed by atoms with E-state index in [1.807, 2.05) is 0 Å². The number of hydrogen-bond acceptors (Lipinski definition) is 1. The highest BCUT2D eigenvalue weighted by molar-refractivity contribution is 5.37. The molecular weight excluding hydrogens is 282 g/mol. The number of hydrogen-bond donors (Lipinski definition) is 0. The van der Waals surface area contributed by atoms with Gasteiger partial charge in [0.2, 0.25) is 0 Å². The largest absolute Gasteiger partial charge is 0.485 e. The van der Waals surface area contributed by atoms with Crippen molar-refractivity contribution < 1.29 is 9.22 Å². The maximum Gasteiger partial charge on any atom is 0.145 e. The van der Waals surface area contributed by atoms with Crippen molar-refractivity contribution >= 4 is 0 Å². The molecule has 0 unspecified atom stereocenters. The first kappa shape index (κ1) is 17.6. The molecule has 0 aliphatic carbocycles. The van der Waals surface area contributed by atoms with Gasteiger partial charge in [-0.2, -0.15) is 0 Å². The Balaban J connectivity index is 2.08. The Morgan fingerprint density at radius 3 is 2.17 bits per heavy atom. The van der Waals surface area contributed by atoms with Gasteiger partial charge in [-0.15, -0.1) is 0 Å². The van der Waals surface area contributed by atoms with Crippen LogP contribution in [0.4, 0.5) is 0 Å². The average Bonchev–Trinajstić information content (AvgIpc) is 2.57. The van der Waals surface area contributed by atoms with Crippen molar-refractivity contribution in [3.63, 3.8) is 0 Å². The zero-order valence-electron chi connectivity index (χ0n) is 15.0. The average molecular weight is 312 g/mol. The van der Waals surface area contributed by atoms with Crippen LogP contribution in [0.3, 0.4) is 0 Å². The summed E-state index contributed by atoms with van der Waals surface area (Å²) in [7, 11) is 2.30. The number of ether oxygens (including phenoxy) is 1. The number of likely N-dealkylation sites (N-methyl/N-ethyl adjacent to an activating group) is 1. The van der Waals surface area contributed by atoms with E-state index in [-0.39, 0.29) is 6.10 Å². The highest BCUT2D eigenvalue weighted by atomic mass is 16.5. The fourth-order valence-electron chi connectivity index (χ4n) is 2.94. The molecule has 23 heavy (non-hydrogen) atoms. The molecule has 2 aromatic carbocycles. The lowest BCUT2D eigenvalue weighted by atomic mass is 10.0. The van der Waals surface area contributed by atoms with Crippen LogP contribution in [0.1, 0.15) is 31.9 Å². The molecule has 0 radical (unpaired) electrons. The Kier molecular flexibility index (Phi) is 6.23. The van der Waals surface area contributed by atoms with Crippen molar-refractivity contribution in [3.8, 4) is 5.75 Å². The van der Waals surface area contributed by atoms with Crippen LogP contribution in [-0.4, -0.2) is 37.3 Å². The number of quaternary nitrogens is 1. The number of benzene rings is 2. The van der Waals surface area contributed by atoms with Crippen molar-refractivity contribution in [2.24, 2.45) is 0 Å². The minimum atomic E-state index is 0.205. The SMILES string of the molecule is CC[N+](C)(CC)C[C@@H](C)Oc1ccccc1Cc1ccccc1. The number of para-hydroxylation sites is 1. The third-order valence-electron chi connectivity index (χ3n) is 4.76. The van der Waals surface area contributed by atoms with E-state index in [2.05, 4.69) is 82.4 Å². The maximum atomic E-state index is 6.30. The first-order valence-electron chi connectivity index (χ1n) is 8.68. The molecule has 0 aliphatic heterocycles. The second-order valence-corrected chi connectivity index (χ2v) is 6.63. The summed E-state index contributed by atoms with van der Waals surface area (Å²) in [6.45, 7) is 9.98. The van der Waals surface area contributed by atoms with Crippen LogP contribution >= 0.6 is 0 Å².